The van der Waals surface area contributed by atoms with Gasteiger partial charge in [-0.15, -0.1) is 0 Å². The summed E-state index contributed by atoms with van der Waals surface area (Å²) < 4.78 is 0. The van der Waals surface area contributed by atoms with Gasteiger partial charge in [0.1, 0.15) is 0 Å². The van der Waals surface area contributed by atoms with Crippen LogP contribution in [0.25, 0.3) is 0 Å². The molecule has 2 N–H and O–H groups in total. The summed E-state index contributed by atoms with van der Waals surface area (Å²) in [5.41, 5.74) is 9.35. The van der Waals surface area contributed by atoms with E-state index in [9.17, 15) is 0 Å². The van der Waals surface area contributed by atoms with Gasteiger partial charge in [-0.3, -0.25) is 0 Å². The van der Waals surface area contributed by atoms with Gasteiger partial charge in [0, 0.05) is 44.2 Å². The van der Waals surface area contributed by atoms with Gasteiger partial charge in [0.2, 0.25) is 0 Å². The van der Waals surface area contributed by atoms with Crippen molar-refractivity contribution in [2.24, 2.45) is 5.73 Å². The Hall–Kier alpha value is -0.900. The predicted octanol–water partition coefficient (Wildman–Crippen LogP) is 1.86. The molecular weight excluding hydrogens is 258 g/mol. The number of likely N-dealkylation sites (N-methyl/N-ethyl adjacent to an activating group) is 1. The average molecular weight is 287 g/mol. The van der Waals surface area contributed by atoms with Crippen molar-refractivity contribution in [2.45, 2.75) is 37.6 Å². The third-order valence-electron chi connectivity index (χ3n) is 5.50. The Balaban J connectivity index is 1.53. The number of hydrogen-bond donors (Lipinski definition) is 1. The Morgan fingerprint density at radius 3 is 2.24 bits per heavy atom. The topological polar surface area (TPSA) is 32.5 Å². The summed E-state index contributed by atoms with van der Waals surface area (Å²) in [7, 11) is 2.21. The van der Waals surface area contributed by atoms with E-state index in [-0.39, 0.29) is 11.5 Å². The molecular formula is C18H29N3. The van der Waals surface area contributed by atoms with Crippen LogP contribution in [0, 0.1) is 0 Å². The number of piperazine rings is 1. The summed E-state index contributed by atoms with van der Waals surface area (Å²) >= 11 is 0. The largest absolute Gasteiger partial charge is 0.327 e. The third kappa shape index (κ3) is 3.31. The minimum atomic E-state index is 0.272. The normalized spacial score (nSPS) is 24.0. The van der Waals surface area contributed by atoms with Crippen LogP contribution in [0.2, 0.25) is 0 Å². The maximum atomic E-state index is 6.16. The predicted molar refractivity (Wildman–Crippen MR) is 88.6 cm³/mol. The molecule has 21 heavy (non-hydrogen) atoms. The van der Waals surface area contributed by atoms with E-state index >= 15 is 0 Å². The van der Waals surface area contributed by atoms with Crippen LogP contribution in [0.1, 0.15) is 30.9 Å². The van der Waals surface area contributed by atoms with Crippen LogP contribution < -0.4 is 5.73 Å². The molecule has 1 aliphatic heterocycles. The lowest BCUT2D eigenvalue weighted by atomic mass is 9.89. The zero-order valence-electron chi connectivity index (χ0n) is 13.5. The molecule has 2 fully saturated rings. The Labute approximate surface area is 129 Å². The maximum absolute atomic E-state index is 6.16. The zero-order chi connectivity index (χ0) is 14.9. The summed E-state index contributed by atoms with van der Waals surface area (Å²) in [4.78, 5) is 4.99. The fourth-order valence-electron chi connectivity index (χ4n) is 3.50. The molecule has 1 aliphatic carbocycles. The molecule has 0 bridgehead atoms. The molecule has 0 amide bonds. The van der Waals surface area contributed by atoms with Gasteiger partial charge in [-0.1, -0.05) is 24.3 Å². The standard InChI is InChI=1S/C18H29N3/c1-15(19)18(8-9-18)17-5-3-16(4-6-17)7-10-21-13-11-20(2)12-14-21/h3-6,15H,7-14,19H2,1-2H3. The van der Waals surface area contributed by atoms with Gasteiger partial charge in [-0.25, -0.2) is 0 Å². The van der Waals surface area contributed by atoms with Crippen molar-refractivity contribution >= 4 is 0 Å². The first-order valence-electron chi connectivity index (χ1n) is 8.36. The van der Waals surface area contributed by atoms with Gasteiger partial charge >= 0.3 is 0 Å². The Morgan fingerprint density at radius 1 is 1.10 bits per heavy atom. The van der Waals surface area contributed by atoms with E-state index in [1.165, 1.54) is 56.7 Å². The van der Waals surface area contributed by atoms with Crippen LogP contribution in [0.4, 0.5) is 0 Å². The molecule has 3 nitrogen and oxygen atoms in total. The van der Waals surface area contributed by atoms with Crippen molar-refractivity contribution < 1.29 is 0 Å². The van der Waals surface area contributed by atoms with E-state index in [4.69, 9.17) is 5.73 Å². The summed E-state index contributed by atoms with van der Waals surface area (Å²) in [6.45, 7) is 8.16. The molecule has 1 aromatic rings. The average Bonchev–Trinajstić information content (AvgIpc) is 3.29. The first-order valence-corrected chi connectivity index (χ1v) is 8.36. The Morgan fingerprint density at radius 2 is 1.71 bits per heavy atom. The van der Waals surface area contributed by atoms with Crippen LogP contribution in [-0.2, 0) is 11.8 Å². The SMILES string of the molecule is CC(N)C1(c2ccc(CCN3CCN(C)CC3)cc2)CC1. The highest BCUT2D eigenvalue weighted by molar-refractivity contribution is 5.35. The Kier molecular flexibility index (Phi) is 4.34. The highest BCUT2D eigenvalue weighted by atomic mass is 15.2. The fraction of sp³-hybridized carbons (Fsp3) is 0.667. The summed E-state index contributed by atoms with van der Waals surface area (Å²) in [5.74, 6) is 0. The van der Waals surface area contributed by atoms with E-state index < -0.39 is 0 Å². The van der Waals surface area contributed by atoms with Crippen LogP contribution >= 0.6 is 0 Å². The molecule has 1 saturated heterocycles. The molecule has 1 aromatic carbocycles. The monoisotopic (exact) mass is 287 g/mol. The molecule has 1 saturated carbocycles. The first kappa shape index (κ1) is 15.0. The molecule has 1 heterocycles. The zero-order valence-corrected chi connectivity index (χ0v) is 13.5. The van der Waals surface area contributed by atoms with E-state index in [2.05, 4.69) is 48.0 Å². The summed E-state index contributed by atoms with van der Waals surface area (Å²) in [5, 5.41) is 0. The lowest BCUT2D eigenvalue weighted by molar-refractivity contribution is 0.155. The molecule has 0 spiro atoms. The lowest BCUT2D eigenvalue weighted by Crippen LogP contribution is -2.45. The molecule has 3 heteroatoms. The van der Waals surface area contributed by atoms with Crippen molar-refractivity contribution in [1.82, 2.24) is 9.80 Å². The molecule has 3 rings (SSSR count). The molecule has 2 aliphatic rings. The van der Waals surface area contributed by atoms with Crippen molar-refractivity contribution in [1.29, 1.82) is 0 Å². The van der Waals surface area contributed by atoms with Gasteiger partial charge in [0.25, 0.3) is 0 Å². The van der Waals surface area contributed by atoms with Crippen LogP contribution in [0.15, 0.2) is 24.3 Å². The van der Waals surface area contributed by atoms with E-state index in [0.717, 1.165) is 6.42 Å². The molecule has 0 aromatic heterocycles. The van der Waals surface area contributed by atoms with E-state index in [1.54, 1.807) is 0 Å². The molecule has 0 radical (unpaired) electrons. The van der Waals surface area contributed by atoms with Crippen molar-refractivity contribution in [2.75, 3.05) is 39.8 Å². The van der Waals surface area contributed by atoms with Crippen molar-refractivity contribution in [3.63, 3.8) is 0 Å². The van der Waals surface area contributed by atoms with Gasteiger partial charge in [0.15, 0.2) is 0 Å². The lowest BCUT2D eigenvalue weighted by Gasteiger charge is -2.32. The smallest absolute Gasteiger partial charge is 0.0110 e. The Bertz CT molecular complexity index is 454. The van der Waals surface area contributed by atoms with E-state index in [0.29, 0.717) is 0 Å². The van der Waals surface area contributed by atoms with Gasteiger partial charge < -0.3 is 15.5 Å². The number of hydrogen-bond acceptors (Lipinski definition) is 3. The maximum Gasteiger partial charge on any atom is 0.0110 e. The van der Waals surface area contributed by atoms with Crippen molar-refractivity contribution in [3.05, 3.63) is 35.4 Å². The molecule has 116 valence electrons. The summed E-state index contributed by atoms with van der Waals surface area (Å²) in [6.07, 6.45) is 3.67. The second kappa shape index (κ2) is 6.07. The van der Waals surface area contributed by atoms with Crippen LogP contribution in [0.3, 0.4) is 0 Å². The van der Waals surface area contributed by atoms with Gasteiger partial charge in [-0.2, -0.15) is 0 Å². The highest BCUT2D eigenvalue weighted by Crippen LogP contribution is 2.50. The second-order valence-electron chi connectivity index (χ2n) is 7.04. The highest BCUT2D eigenvalue weighted by Gasteiger charge is 2.47. The molecule has 1 unspecified atom stereocenters. The summed E-state index contributed by atoms with van der Waals surface area (Å²) in [6, 6.07) is 9.53. The first-order chi connectivity index (χ1) is 10.1. The fourth-order valence-corrected chi connectivity index (χ4v) is 3.50. The van der Waals surface area contributed by atoms with Gasteiger partial charge in [0.05, 0.1) is 0 Å². The number of nitrogens with zero attached hydrogens (tertiary/aromatic N) is 2. The number of nitrogens with two attached hydrogens (primary N) is 1. The third-order valence-corrected chi connectivity index (χ3v) is 5.50. The second-order valence-corrected chi connectivity index (χ2v) is 7.04. The van der Waals surface area contributed by atoms with Crippen LogP contribution in [0.5, 0.6) is 0 Å². The minimum Gasteiger partial charge on any atom is -0.327 e. The quantitative estimate of drug-likeness (QED) is 0.897. The van der Waals surface area contributed by atoms with E-state index in [1.807, 2.05) is 0 Å². The van der Waals surface area contributed by atoms with Crippen LogP contribution in [-0.4, -0.2) is 55.6 Å². The number of benzene rings is 1. The number of rotatable bonds is 5. The minimum absolute atomic E-state index is 0.272. The van der Waals surface area contributed by atoms with Crippen molar-refractivity contribution in [3.8, 4) is 0 Å². The van der Waals surface area contributed by atoms with Gasteiger partial charge in [-0.05, 0) is 44.4 Å². The molecule has 1 atom stereocenters.